The lowest BCUT2D eigenvalue weighted by molar-refractivity contribution is 0.00567. The van der Waals surface area contributed by atoms with Gasteiger partial charge in [0.05, 0.1) is 12.2 Å². The topological polar surface area (TPSA) is 29.3 Å². The van der Waals surface area contributed by atoms with Gasteiger partial charge < -0.3 is 10.6 Å². The molecule has 2 nitrogen and oxygen atoms in total. The first kappa shape index (κ1) is 11.8. The molecule has 0 unspecified atom stereocenters. The second kappa shape index (κ2) is 4.10. The Morgan fingerprint density at radius 1 is 1.33 bits per heavy atom. The molecule has 0 radical (unpaired) electrons. The van der Waals surface area contributed by atoms with E-state index in [2.05, 4.69) is 0 Å². The van der Waals surface area contributed by atoms with Gasteiger partial charge in [-0.15, -0.1) is 0 Å². The number of hydrogen-bond donors (Lipinski definition) is 1. The number of alkyl halides is 2. The van der Waals surface area contributed by atoms with E-state index in [4.69, 9.17) is 5.73 Å². The predicted octanol–water partition coefficient (Wildman–Crippen LogP) is 1.94. The highest BCUT2D eigenvalue weighted by atomic mass is 19.3. The summed E-state index contributed by atoms with van der Waals surface area (Å²) in [5, 5.41) is 0. The minimum absolute atomic E-state index is 0.270. The highest BCUT2D eigenvalue weighted by molar-refractivity contribution is 5.48. The summed E-state index contributed by atoms with van der Waals surface area (Å²) in [4.78, 5) is 1.51. The maximum absolute atomic E-state index is 13.4. The van der Waals surface area contributed by atoms with Crippen LogP contribution < -0.4 is 10.6 Å². The smallest absolute Gasteiger partial charge is 0.285 e. The molecule has 0 spiro atoms. The molecular formula is C10H13F3N2. The zero-order valence-electron chi connectivity index (χ0n) is 8.60. The van der Waals surface area contributed by atoms with Gasteiger partial charge in [-0.05, 0) is 12.1 Å². The fourth-order valence-electron chi connectivity index (χ4n) is 1.21. The van der Waals surface area contributed by atoms with E-state index in [1.165, 1.54) is 17.0 Å². The molecule has 5 heteroatoms. The molecule has 0 saturated carbocycles. The van der Waals surface area contributed by atoms with E-state index >= 15 is 0 Å². The minimum Gasteiger partial charge on any atom is -0.375 e. The number of nitrogens with two attached hydrogens (primary N) is 1. The standard InChI is InChI=1S/C10H13F3N2/c1-15(2)9-4-3-7(5-8(9)11)10(12,13)6-14/h3-5H,6,14H2,1-2H3. The van der Waals surface area contributed by atoms with Gasteiger partial charge in [-0.2, -0.15) is 8.78 Å². The van der Waals surface area contributed by atoms with Crippen LogP contribution in [0.3, 0.4) is 0 Å². The van der Waals surface area contributed by atoms with Crippen molar-refractivity contribution in [2.24, 2.45) is 5.73 Å². The van der Waals surface area contributed by atoms with Crippen molar-refractivity contribution in [1.29, 1.82) is 0 Å². The number of benzene rings is 1. The molecule has 0 amide bonds. The summed E-state index contributed by atoms with van der Waals surface area (Å²) in [5.41, 5.74) is 4.78. The summed E-state index contributed by atoms with van der Waals surface area (Å²) >= 11 is 0. The summed E-state index contributed by atoms with van der Waals surface area (Å²) in [7, 11) is 3.28. The van der Waals surface area contributed by atoms with E-state index in [0.717, 1.165) is 6.07 Å². The molecule has 0 atom stereocenters. The van der Waals surface area contributed by atoms with Gasteiger partial charge >= 0.3 is 0 Å². The first-order valence-electron chi connectivity index (χ1n) is 4.43. The van der Waals surface area contributed by atoms with Crippen LogP contribution in [0.25, 0.3) is 0 Å². The Morgan fingerprint density at radius 3 is 2.33 bits per heavy atom. The highest BCUT2D eigenvalue weighted by Gasteiger charge is 2.30. The minimum atomic E-state index is -3.17. The van der Waals surface area contributed by atoms with Crippen molar-refractivity contribution in [1.82, 2.24) is 0 Å². The zero-order valence-corrected chi connectivity index (χ0v) is 8.60. The lowest BCUT2D eigenvalue weighted by Gasteiger charge is -2.18. The number of nitrogens with zero attached hydrogens (tertiary/aromatic N) is 1. The summed E-state index contributed by atoms with van der Waals surface area (Å²) in [6.07, 6.45) is 0. The van der Waals surface area contributed by atoms with Crippen molar-refractivity contribution in [2.45, 2.75) is 5.92 Å². The van der Waals surface area contributed by atoms with Crippen LogP contribution in [0.15, 0.2) is 18.2 Å². The highest BCUT2D eigenvalue weighted by Crippen LogP contribution is 2.29. The van der Waals surface area contributed by atoms with Crippen LogP contribution in [0.4, 0.5) is 18.9 Å². The third-order valence-corrected chi connectivity index (χ3v) is 2.11. The summed E-state index contributed by atoms with van der Waals surface area (Å²) in [6, 6.07) is 3.32. The second-order valence-corrected chi connectivity index (χ2v) is 3.47. The first-order chi connectivity index (χ1) is 6.88. The molecule has 2 N–H and O–H groups in total. The van der Waals surface area contributed by atoms with Gasteiger partial charge in [0.1, 0.15) is 5.82 Å². The number of anilines is 1. The van der Waals surface area contributed by atoms with Gasteiger partial charge in [0.25, 0.3) is 5.92 Å². The Morgan fingerprint density at radius 2 is 1.93 bits per heavy atom. The van der Waals surface area contributed by atoms with Gasteiger partial charge in [0, 0.05) is 19.7 Å². The van der Waals surface area contributed by atoms with E-state index in [-0.39, 0.29) is 5.69 Å². The van der Waals surface area contributed by atoms with E-state index < -0.39 is 23.8 Å². The van der Waals surface area contributed by atoms with Gasteiger partial charge in [0.2, 0.25) is 0 Å². The molecule has 0 saturated heterocycles. The Kier molecular flexibility index (Phi) is 3.24. The molecule has 0 aliphatic rings. The monoisotopic (exact) mass is 218 g/mol. The molecule has 0 fully saturated rings. The molecule has 1 aromatic carbocycles. The molecule has 0 aromatic heterocycles. The lowest BCUT2D eigenvalue weighted by atomic mass is 10.1. The molecule has 0 aliphatic carbocycles. The molecule has 1 rings (SSSR count). The fraction of sp³-hybridized carbons (Fsp3) is 0.400. The number of halogens is 3. The molecule has 84 valence electrons. The van der Waals surface area contributed by atoms with Crippen molar-refractivity contribution in [3.8, 4) is 0 Å². The Hall–Kier alpha value is -1.23. The third kappa shape index (κ3) is 2.41. The summed E-state index contributed by atoms with van der Waals surface area (Å²) in [5.74, 6) is -3.85. The maximum Gasteiger partial charge on any atom is 0.285 e. The third-order valence-electron chi connectivity index (χ3n) is 2.11. The van der Waals surface area contributed by atoms with Crippen LogP contribution >= 0.6 is 0 Å². The molecular weight excluding hydrogens is 205 g/mol. The lowest BCUT2D eigenvalue weighted by Crippen LogP contribution is -2.25. The van der Waals surface area contributed by atoms with Crippen molar-refractivity contribution in [2.75, 3.05) is 25.5 Å². The van der Waals surface area contributed by atoms with Crippen LogP contribution in [0.1, 0.15) is 5.56 Å². The molecule has 0 heterocycles. The average molecular weight is 218 g/mol. The van der Waals surface area contributed by atoms with E-state index in [9.17, 15) is 13.2 Å². The van der Waals surface area contributed by atoms with Gasteiger partial charge in [0.15, 0.2) is 0 Å². The Balaban J connectivity index is 3.12. The van der Waals surface area contributed by atoms with Crippen molar-refractivity contribution in [3.63, 3.8) is 0 Å². The maximum atomic E-state index is 13.4. The van der Waals surface area contributed by atoms with Gasteiger partial charge in [-0.25, -0.2) is 4.39 Å². The quantitative estimate of drug-likeness (QED) is 0.840. The molecule has 0 aliphatic heterocycles. The Labute approximate surface area is 86.5 Å². The van der Waals surface area contributed by atoms with Crippen LogP contribution in [0.5, 0.6) is 0 Å². The van der Waals surface area contributed by atoms with E-state index in [1.807, 2.05) is 0 Å². The average Bonchev–Trinajstić information content (AvgIpc) is 2.17. The second-order valence-electron chi connectivity index (χ2n) is 3.47. The number of rotatable bonds is 3. The largest absolute Gasteiger partial charge is 0.375 e. The van der Waals surface area contributed by atoms with Crippen molar-refractivity contribution >= 4 is 5.69 Å². The van der Waals surface area contributed by atoms with Gasteiger partial charge in [-0.3, -0.25) is 0 Å². The SMILES string of the molecule is CN(C)c1ccc(C(F)(F)CN)cc1F. The van der Waals surface area contributed by atoms with Crippen molar-refractivity contribution < 1.29 is 13.2 Å². The van der Waals surface area contributed by atoms with Crippen molar-refractivity contribution in [3.05, 3.63) is 29.6 Å². The zero-order chi connectivity index (χ0) is 11.6. The van der Waals surface area contributed by atoms with Gasteiger partial charge in [-0.1, -0.05) is 6.07 Å². The normalized spacial score (nSPS) is 11.6. The van der Waals surface area contributed by atoms with E-state index in [1.54, 1.807) is 14.1 Å². The van der Waals surface area contributed by atoms with Crippen LogP contribution in [0.2, 0.25) is 0 Å². The summed E-state index contributed by atoms with van der Waals surface area (Å²) in [6.45, 7) is -0.826. The molecule has 15 heavy (non-hydrogen) atoms. The predicted molar refractivity (Wildman–Crippen MR) is 53.7 cm³/mol. The molecule has 1 aromatic rings. The van der Waals surface area contributed by atoms with E-state index in [0.29, 0.717) is 0 Å². The number of hydrogen-bond acceptors (Lipinski definition) is 2. The fourth-order valence-corrected chi connectivity index (χ4v) is 1.21. The van der Waals surface area contributed by atoms with Crippen LogP contribution in [-0.2, 0) is 5.92 Å². The van der Waals surface area contributed by atoms with Crippen LogP contribution in [-0.4, -0.2) is 20.6 Å². The molecule has 0 bridgehead atoms. The first-order valence-corrected chi connectivity index (χ1v) is 4.43. The Bertz CT molecular complexity index is 351. The summed E-state index contributed by atoms with van der Waals surface area (Å²) < 4.78 is 39.5. The van der Waals surface area contributed by atoms with Crippen LogP contribution in [0, 0.1) is 5.82 Å².